The summed E-state index contributed by atoms with van der Waals surface area (Å²) in [7, 11) is 0. The minimum atomic E-state index is 0.204. The Morgan fingerprint density at radius 3 is 2.38 bits per heavy atom. The van der Waals surface area contributed by atoms with Gasteiger partial charge in [-0.25, -0.2) is 0 Å². The van der Waals surface area contributed by atoms with Gasteiger partial charge in [-0.2, -0.15) is 0 Å². The summed E-state index contributed by atoms with van der Waals surface area (Å²) < 4.78 is 0. The first-order valence-corrected chi connectivity index (χ1v) is 5.06. The number of hydrogen-bond donors (Lipinski definition) is 1. The quantitative estimate of drug-likeness (QED) is 0.739. The molecular formula is C12H21N. The fourth-order valence-electron chi connectivity index (χ4n) is 1.14. The first-order chi connectivity index (χ1) is 6.24. The molecule has 0 radical (unpaired) electrons. The smallest absolute Gasteiger partial charge is 0.0292 e. The Hall–Kier alpha value is -0.820. The maximum absolute atomic E-state index is 5.86. The van der Waals surface area contributed by atoms with Crippen LogP contribution in [0.15, 0.2) is 24.3 Å². The zero-order valence-corrected chi connectivity index (χ0v) is 9.17. The molecule has 1 nitrogen and oxygen atoms in total. The van der Waals surface area contributed by atoms with E-state index in [1.165, 1.54) is 11.1 Å². The third kappa shape index (κ3) is 4.09. The highest BCUT2D eigenvalue weighted by molar-refractivity contribution is 5.24. The van der Waals surface area contributed by atoms with Crippen LogP contribution in [0.4, 0.5) is 0 Å². The molecule has 0 heterocycles. The van der Waals surface area contributed by atoms with Crippen molar-refractivity contribution in [2.24, 2.45) is 5.73 Å². The van der Waals surface area contributed by atoms with E-state index < -0.39 is 0 Å². The van der Waals surface area contributed by atoms with Crippen LogP contribution < -0.4 is 5.73 Å². The van der Waals surface area contributed by atoms with E-state index in [1.807, 2.05) is 13.8 Å². The van der Waals surface area contributed by atoms with Gasteiger partial charge in [0.1, 0.15) is 0 Å². The highest BCUT2D eigenvalue weighted by atomic mass is 14.6. The molecule has 1 atom stereocenters. The Morgan fingerprint density at radius 1 is 1.31 bits per heavy atom. The van der Waals surface area contributed by atoms with Crippen molar-refractivity contribution in [1.82, 2.24) is 0 Å². The number of aryl methyl sites for hydroxylation is 1. The third-order valence-electron chi connectivity index (χ3n) is 1.91. The Bertz CT molecular complexity index is 230. The van der Waals surface area contributed by atoms with Gasteiger partial charge in [0.25, 0.3) is 0 Å². The molecule has 0 aliphatic rings. The highest BCUT2D eigenvalue weighted by Gasteiger charge is 2.01. The van der Waals surface area contributed by atoms with Gasteiger partial charge < -0.3 is 5.73 Å². The number of benzene rings is 1. The number of nitrogens with two attached hydrogens (primary N) is 1. The van der Waals surface area contributed by atoms with E-state index in [1.54, 1.807) is 0 Å². The van der Waals surface area contributed by atoms with Gasteiger partial charge in [-0.05, 0) is 18.9 Å². The van der Waals surface area contributed by atoms with E-state index in [4.69, 9.17) is 5.73 Å². The summed E-state index contributed by atoms with van der Waals surface area (Å²) in [5.74, 6) is 0. The van der Waals surface area contributed by atoms with E-state index in [-0.39, 0.29) is 6.04 Å². The Labute approximate surface area is 82.0 Å². The molecule has 13 heavy (non-hydrogen) atoms. The van der Waals surface area contributed by atoms with Crippen molar-refractivity contribution in [2.45, 2.75) is 40.2 Å². The van der Waals surface area contributed by atoms with Crippen LogP contribution in [0.2, 0.25) is 0 Å². The molecule has 2 N–H and O–H groups in total. The first kappa shape index (κ1) is 12.2. The van der Waals surface area contributed by atoms with Gasteiger partial charge in [-0.15, -0.1) is 0 Å². The second kappa shape index (κ2) is 6.67. The monoisotopic (exact) mass is 179 g/mol. The van der Waals surface area contributed by atoms with E-state index in [9.17, 15) is 0 Å². The zero-order valence-electron chi connectivity index (χ0n) is 9.17. The molecule has 0 bridgehead atoms. The van der Waals surface area contributed by atoms with Gasteiger partial charge in [0.2, 0.25) is 0 Å². The van der Waals surface area contributed by atoms with E-state index in [0.717, 1.165) is 6.42 Å². The molecule has 1 unspecified atom stereocenters. The Kier molecular flexibility index (Phi) is 6.25. The van der Waals surface area contributed by atoms with Crippen molar-refractivity contribution in [2.75, 3.05) is 0 Å². The normalized spacial score (nSPS) is 11.5. The molecule has 1 aromatic carbocycles. The summed E-state index contributed by atoms with van der Waals surface area (Å²) in [6, 6.07) is 8.58. The van der Waals surface area contributed by atoms with Crippen LogP contribution in [0.3, 0.4) is 0 Å². The van der Waals surface area contributed by atoms with Crippen molar-refractivity contribution in [1.29, 1.82) is 0 Å². The molecule has 0 fully saturated rings. The molecule has 0 aromatic heterocycles. The molecule has 0 saturated carbocycles. The molecule has 0 spiro atoms. The van der Waals surface area contributed by atoms with E-state index in [0.29, 0.717) is 0 Å². The average molecular weight is 179 g/mol. The van der Waals surface area contributed by atoms with Gasteiger partial charge >= 0.3 is 0 Å². The van der Waals surface area contributed by atoms with Gasteiger partial charge in [0, 0.05) is 6.04 Å². The van der Waals surface area contributed by atoms with Crippen LogP contribution >= 0.6 is 0 Å². The summed E-state index contributed by atoms with van der Waals surface area (Å²) in [6.07, 6.45) is 1.00. The van der Waals surface area contributed by atoms with Crippen LogP contribution in [0.5, 0.6) is 0 Å². The number of rotatable bonds is 2. The third-order valence-corrected chi connectivity index (χ3v) is 1.91. The predicted molar refractivity (Wildman–Crippen MR) is 59.7 cm³/mol. The number of hydrogen-bond acceptors (Lipinski definition) is 1. The van der Waals surface area contributed by atoms with Crippen LogP contribution in [0, 0.1) is 6.92 Å². The molecule has 0 saturated heterocycles. The second-order valence-electron chi connectivity index (χ2n) is 2.93. The maximum atomic E-state index is 5.86. The standard InChI is InChI=1S/C10H15N.C2H6/c1-3-10(11)9-6-4-5-8(2)7-9;1-2/h4-7,10H,3,11H2,1-2H3;1-2H3. The van der Waals surface area contributed by atoms with Crippen LogP contribution in [0.1, 0.15) is 44.4 Å². The van der Waals surface area contributed by atoms with E-state index >= 15 is 0 Å². The second-order valence-corrected chi connectivity index (χ2v) is 2.93. The van der Waals surface area contributed by atoms with Crippen molar-refractivity contribution in [3.05, 3.63) is 35.4 Å². The van der Waals surface area contributed by atoms with Crippen LogP contribution in [0.25, 0.3) is 0 Å². The van der Waals surface area contributed by atoms with E-state index in [2.05, 4.69) is 38.1 Å². The zero-order chi connectivity index (χ0) is 10.3. The Morgan fingerprint density at radius 2 is 1.92 bits per heavy atom. The van der Waals surface area contributed by atoms with Crippen molar-refractivity contribution in [3.63, 3.8) is 0 Å². The lowest BCUT2D eigenvalue weighted by Gasteiger charge is -2.08. The molecule has 74 valence electrons. The van der Waals surface area contributed by atoms with Gasteiger partial charge in [-0.1, -0.05) is 50.6 Å². The largest absolute Gasteiger partial charge is 0.324 e. The molecule has 1 aromatic rings. The maximum Gasteiger partial charge on any atom is 0.0292 e. The molecule has 1 rings (SSSR count). The summed E-state index contributed by atoms with van der Waals surface area (Å²) in [6.45, 7) is 8.19. The molecule has 0 amide bonds. The summed E-state index contributed by atoms with van der Waals surface area (Å²) in [5.41, 5.74) is 8.39. The van der Waals surface area contributed by atoms with Crippen LogP contribution in [-0.4, -0.2) is 0 Å². The lowest BCUT2D eigenvalue weighted by Crippen LogP contribution is -2.08. The fraction of sp³-hybridized carbons (Fsp3) is 0.500. The Balaban J connectivity index is 0.000000671. The molecular weight excluding hydrogens is 158 g/mol. The molecule has 1 heteroatoms. The average Bonchev–Trinajstić information content (AvgIpc) is 2.20. The summed E-state index contributed by atoms with van der Waals surface area (Å²) in [5, 5.41) is 0. The lowest BCUT2D eigenvalue weighted by atomic mass is 10.0. The van der Waals surface area contributed by atoms with Gasteiger partial charge in [0.05, 0.1) is 0 Å². The van der Waals surface area contributed by atoms with Crippen molar-refractivity contribution >= 4 is 0 Å². The lowest BCUT2D eigenvalue weighted by molar-refractivity contribution is 0.698. The minimum Gasteiger partial charge on any atom is -0.324 e. The SMILES string of the molecule is CC.CCC(N)c1cccc(C)c1. The molecule has 0 aliphatic carbocycles. The van der Waals surface area contributed by atoms with Crippen molar-refractivity contribution < 1.29 is 0 Å². The molecule has 0 aliphatic heterocycles. The minimum absolute atomic E-state index is 0.204. The van der Waals surface area contributed by atoms with Crippen LogP contribution in [-0.2, 0) is 0 Å². The topological polar surface area (TPSA) is 26.0 Å². The highest BCUT2D eigenvalue weighted by Crippen LogP contribution is 2.14. The summed E-state index contributed by atoms with van der Waals surface area (Å²) >= 11 is 0. The van der Waals surface area contributed by atoms with Gasteiger partial charge in [-0.3, -0.25) is 0 Å². The summed E-state index contributed by atoms with van der Waals surface area (Å²) in [4.78, 5) is 0. The van der Waals surface area contributed by atoms with Gasteiger partial charge in [0.15, 0.2) is 0 Å². The first-order valence-electron chi connectivity index (χ1n) is 5.06. The van der Waals surface area contributed by atoms with Crippen molar-refractivity contribution in [3.8, 4) is 0 Å². The fourth-order valence-corrected chi connectivity index (χ4v) is 1.14. The predicted octanol–water partition coefficient (Wildman–Crippen LogP) is 3.43.